The Bertz CT molecular complexity index is 331. The number of rotatable bonds is 4. The van der Waals surface area contributed by atoms with Crippen molar-refractivity contribution in [2.75, 3.05) is 19.0 Å². The average molecular weight is 236 g/mol. The van der Waals surface area contributed by atoms with Gasteiger partial charge in [-0.25, -0.2) is 0 Å². The van der Waals surface area contributed by atoms with E-state index in [-0.39, 0.29) is 5.78 Å². The van der Waals surface area contributed by atoms with Crippen molar-refractivity contribution < 1.29 is 9.53 Å². The van der Waals surface area contributed by atoms with Crippen LogP contribution in [0, 0.1) is 0 Å². The van der Waals surface area contributed by atoms with Gasteiger partial charge in [-0.05, 0) is 12.8 Å². The SMILES string of the molecule is O=C(CSC1CCOCC1)c1ccccc1. The van der Waals surface area contributed by atoms with E-state index in [4.69, 9.17) is 4.74 Å². The number of carbonyl (C=O) groups excluding carboxylic acids is 1. The Morgan fingerprint density at radius 2 is 1.94 bits per heavy atom. The minimum absolute atomic E-state index is 0.233. The maximum Gasteiger partial charge on any atom is 0.172 e. The molecule has 0 unspecified atom stereocenters. The first kappa shape index (κ1) is 11.7. The van der Waals surface area contributed by atoms with Gasteiger partial charge in [0.05, 0.1) is 5.75 Å². The van der Waals surface area contributed by atoms with Crippen molar-refractivity contribution in [2.45, 2.75) is 18.1 Å². The minimum atomic E-state index is 0.233. The number of Topliss-reactive ketones (excluding diaryl/α,β-unsaturated/α-hetero) is 1. The Morgan fingerprint density at radius 1 is 1.25 bits per heavy atom. The summed E-state index contributed by atoms with van der Waals surface area (Å²) in [7, 11) is 0. The topological polar surface area (TPSA) is 26.3 Å². The van der Waals surface area contributed by atoms with Crippen molar-refractivity contribution in [3.05, 3.63) is 35.9 Å². The summed E-state index contributed by atoms with van der Waals surface area (Å²) in [4.78, 5) is 11.8. The van der Waals surface area contributed by atoms with Crippen LogP contribution in [-0.4, -0.2) is 30.0 Å². The molecule has 0 saturated carbocycles. The number of hydrogen-bond donors (Lipinski definition) is 0. The molecular weight excluding hydrogens is 220 g/mol. The van der Waals surface area contributed by atoms with E-state index in [1.54, 1.807) is 11.8 Å². The van der Waals surface area contributed by atoms with Crippen molar-refractivity contribution in [1.82, 2.24) is 0 Å². The van der Waals surface area contributed by atoms with Gasteiger partial charge in [-0.15, -0.1) is 0 Å². The summed E-state index contributed by atoms with van der Waals surface area (Å²) in [5, 5.41) is 0.599. The van der Waals surface area contributed by atoms with Gasteiger partial charge in [0.15, 0.2) is 5.78 Å². The van der Waals surface area contributed by atoms with Crippen LogP contribution in [0.5, 0.6) is 0 Å². The van der Waals surface area contributed by atoms with Gasteiger partial charge in [-0.2, -0.15) is 11.8 Å². The van der Waals surface area contributed by atoms with Crippen molar-refractivity contribution in [3.63, 3.8) is 0 Å². The monoisotopic (exact) mass is 236 g/mol. The van der Waals surface area contributed by atoms with E-state index in [1.807, 2.05) is 30.3 Å². The lowest BCUT2D eigenvalue weighted by atomic mass is 10.2. The van der Waals surface area contributed by atoms with Crippen LogP contribution in [0.1, 0.15) is 23.2 Å². The Labute approximate surface area is 100 Å². The third-order valence-corrected chi connectivity index (χ3v) is 4.09. The molecule has 0 N–H and O–H groups in total. The number of ketones is 1. The van der Waals surface area contributed by atoms with E-state index in [1.165, 1.54) is 0 Å². The van der Waals surface area contributed by atoms with Crippen LogP contribution in [0.25, 0.3) is 0 Å². The normalized spacial score (nSPS) is 17.2. The molecule has 0 radical (unpaired) electrons. The molecule has 1 aromatic rings. The molecule has 1 saturated heterocycles. The van der Waals surface area contributed by atoms with Gasteiger partial charge in [0.2, 0.25) is 0 Å². The molecule has 1 aliphatic heterocycles. The van der Waals surface area contributed by atoms with E-state index in [0.29, 0.717) is 11.0 Å². The fraction of sp³-hybridized carbons (Fsp3) is 0.462. The van der Waals surface area contributed by atoms with Crippen LogP contribution in [-0.2, 0) is 4.74 Å². The maximum atomic E-state index is 11.8. The molecule has 3 heteroatoms. The van der Waals surface area contributed by atoms with Crippen molar-refractivity contribution in [3.8, 4) is 0 Å². The molecule has 16 heavy (non-hydrogen) atoms. The lowest BCUT2D eigenvalue weighted by molar-refractivity contribution is 0.0988. The summed E-state index contributed by atoms with van der Waals surface area (Å²) in [5.74, 6) is 0.825. The molecule has 1 aliphatic rings. The Hall–Kier alpha value is -0.800. The highest BCUT2D eigenvalue weighted by Gasteiger charge is 2.16. The van der Waals surface area contributed by atoms with Crippen LogP contribution in [0.3, 0.4) is 0 Å². The van der Waals surface area contributed by atoms with Crippen LogP contribution >= 0.6 is 11.8 Å². The maximum absolute atomic E-state index is 11.8. The Balaban J connectivity index is 1.79. The molecule has 2 nitrogen and oxygen atoms in total. The fourth-order valence-electron chi connectivity index (χ4n) is 1.74. The molecule has 86 valence electrons. The highest BCUT2D eigenvalue weighted by Crippen LogP contribution is 2.22. The van der Waals surface area contributed by atoms with Gasteiger partial charge in [0.1, 0.15) is 0 Å². The summed E-state index contributed by atoms with van der Waals surface area (Å²) in [5.41, 5.74) is 0.821. The molecule has 2 rings (SSSR count). The fourth-order valence-corrected chi connectivity index (χ4v) is 2.82. The zero-order valence-electron chi connectivity index (χ0n) is 9.22. The second kappa shape index (κ2) is 6.06. The lowest BCUT2D eigenvalue weighted by Crippen LogP contribution is -2.19. The lowest BCUT2D eigenvalue weighted by Gasteiger charge is -2.20. The van der Waals surface area contributed by atoms with E-state index < -0.39 is 0 Å². The van der Waals surface area contributed by atoms with E-state index in [9.17, 15) is 4.79 Å². The summed E-state index contributed by atoms with van der Waals surface area (Å²) >= 11 is 1.77. The molecule has 0 amide bonds. The molecule has 0 aliphatic carbocycles. The second-order valence-corrected chi connectivity index (χ2v) is 5.20. The largest absolute Gasteiger partial charge is 0.381 e. The third-order valence-electron chi connectivity index (χ3n) is 2.71. The van der Waals surface area contributed by atoms with Gasteiger partial charge in [0, 0.05) is 24.0 Å². The van der Waals surface area contributed by atoms with Crippen LogP contribution in [0.2, 0.25) is 0 Å². The van der Waals surface area contributed by atoms with Crippen molar-refractivity contribution in [2.24, 2.45) is 0 Å². The Morgan fingerprint density at radius 3 is 2.62 bits per heavy atom. The van der Waals surface area contributed by atoms with Crippen molar-refractivity contribution >= 4 is 17.5 Å². The highest BCUT2D eigenvalue weighted by atomic mass is 32.2. The quantitative estimate of drug-likeness (QED) is 0.752. The number of ether oxygens (including phenoxy) is 1. The van der Waals surface area contributed by atoms with E-state index >= 15 is 0 Å². The predicted molar refractivity (Wildman–Crippen MR) is 67.1 cm³/mol. The molecule has 1 aromatic carbocycles. The third kappa shape index (κ3) is 3.35. The van der Waals surface area contributed by atoms with E-state index in [0.717, 1.165) is 31.6 Å². The predicted octanol–water partition coefficient (Wildman–Crippen LogP) is 2.78. The molecule has 0 aromatic heterocycles. The average Bonchev–Trinajstić information content (AvgIpc) is 2.38. The summed E-state index contributed by atoms with van der Waals surface area (Å²) in [6, 6.07) is 9.51. The molecule has 0 bridgehead atoms. The molecule has 1 heterocycles. The first-order valence-corrected chi connectivity index (χ1v) is 6.69. The van der Waals surface area contributed by atoms with Gasteiger partial charge in [0.25, 0.3) is 0 Å². The van der Waals surface area contributed by atoms with Gasteiger partial charge in [-0.1, -0.05) is 30.3 Å². The molecular formula is C13H16O2S. The van der Waals surface area contributed by atoms with Crippen LogP contribution in [0.15, 0.2) is 30.3 Å². The standard InChI is InChI=1S/C13H16O2S/c14-13(11-4-2-1-3-5-11)10-16-12-6-8-15-9-7-12/h1-5,12H,6-10H2. The second-order valence-electron chi connectivity index (χ2n) is 3.91. The van der Waals surface area contributed by atoms with Gasteiger partial charge >= 0.3 is 0 Å². The smallest absolute Gasteiger partial charge is 0.172 e. The van der Waals surface area contributed by atoms with E-state index in [2.05, 4.69) is 0 Å². The number of carbonyl (C=O) groups is 1. The zero-order chi connectivity index (χ0) is 11.2. The van der Waals surface area contributed by atoms with Gasteiger partial charge in [-0.3, -0.25) is 4.79 Å². The highest BCUT2D eigenvalue weighted by molar-refractivity contribution is 8.00. The number of hydrogen-bond acceptors (Lipinski definition) is 3. The Kier molecular flexibility index (Phi) is 4.43. The van der Waals surface area contributed by atoms with Crippen LogP contribution < -0.4 is 0 Å². The van der Waals surface area contributed by atoms with Gasteiger partial charge < -0.3 is 4.74 Å². The minimum Gasteiger partial charge on any atom is -0.381 e. The first-order chi connectivity index (χ1) is 7.86. The molecule has 0 spiro atoms. The number of benzene rings is 1. The summed E-state index contributed by atoms with van der Waals surface area (Å²) in [6.45, 7) is 1.69. The summed E-state index contributed by atoms with van der Waals surface area (Å²) in [6.07, 6.45) is 2.15. The first-order valence-electron chi connectivity index (χ1n) is 5.64. The van der Waals surface area contributed by atoms with Crippen LogP contribution in [0.4, 0.5) is 0 Å². The van der Waals surface area contributed by atoms with Crippen molar-refractivity contribution in [1.29, 1.82) is 0 Å². The number of thioether (sulfide) groups is 1. The molecule has 0 atom stereocenters. The zero-order valence-corrected chi connectivity index (χ0v) is 10.0. The summed E-state index contributed by atoms with van der Waals surface area (Å²) < 4.78 is 5.29. The molecule has 1 fully saturated rings.